The van der Waals surface area contributed by atoms with Crippen LogP contribution in [0.15, 0.2) is 24.3 Å². The third-order valence-corrected chi connectivity index (χ3v) is 4.98. The van der Waals surface area contributed by atoms with Crippen molar-refractivity contribution in [2.45, 2.75) is 12.5 Å². The van der Waals surface area contributed by atoms with Crippen molar-refractivity contribution in [3.8, 4) is 5.75 Å². The molecule has 2 amide bonds. The lowest BCUT2D eigenvalue weighted by Crippen LogP contribution is -2.57. The summed E-state index contributed by atoms with van der Waals surface area (Å²) in [6.45, 7) is 3.11. The first-order chi connectivity index (χ1) is 11.9. The second kappa shape index (κ2) is 7.62. The Morgan fingerprint density at radius 2 is 2.00 bits per heavy atom. The molecule has 0 saturated carbocycles. The molecule has 25 heavy (non-hydrogen) atoms. The fourth-order valence-corrected chi connectivity index (χ4v) is 3.33. The topological polar surface area (TPSA) is 53.1 Å². The minimum absolute atomic E-state index is 0.0363. The molecule has 2 aliphatic rings. The van der Waals surface area contributed by atoms with Crippen LogP contribution in [-0.2, 0) is 9.59 Å². The summed E-state index contributed by atoms with van der Waals surface area (Å²) in [5.74, 6) is 0.549. The van der Waals surface area contributed by atoms with Crippen molar-refractivity contribution in [3.63, 3.8) is 0 Å². The predicted molar refractivity (Wildman–Crippen MR) is 95.7 cm³/mol. The van der Waals surface area contributed by atoms with E-state index < -0.39 is 0 Å². The fraction of sp³-hybridized carbons (Fsp3) is 0.556. The molecule has 7 heteroatoms. The molecule has 0 aromatic heterocycles. The number of nitrogens with zero attached hydrogens (tertiary/aromatic N) is 3. The average molecular weight is 366 g/mol. The number of para-hydroxylation sites is 1. The van der Waals surface area contributed by atoms with Gasteiger partial charge in [-0.15, -0.1) is 0 Å². The molecule has 0 spiro atoms. The van der Waals surface area contributed by atoms with Crippen LogP contribution in [0.1, 0.15) is 6.42 Å². The second-order valence-electron chi connectivity index (χ2n) is 6.96. The smallest absolute Gasteiger partial charge is 0.228 e. The summed E-state index contributed by atoms with van der Waals surface area (Å²) in [5.41, 5.74) is 0. The summed E-state index contributed by atoms with van der Waals surface area (Å²) in [4.78, 5) is 30.2. The van der Waals surface area contributed by atoms with Crippen molar-refractivity contribution in [2.75, 3.05) is 46.8 Å². The van der Waals surface area contributed by atoms with Gasteiger partial charge in [0.15, 0.2) is 0 Å². The highest BCUT2D eigenvalue weighted by atomic mass is 35.5. The molecule has 1 aromatic rings. The molecule has 3 rings (SSSR count). The summed E-state index contributed by atoms with van der Waals surface area (Å²) in [6, 6.07) is 7.33. The van der Waals surface area contributed by atoms with Gasteiger partial charge < -0.3 is 19.4 Å². The Hall–Kier alpha value is -1.79. The number of likely N-dealkylation sites (tertiary alicyclic amines) is 2. The van der Waals surface area contributed by atoms with Crippen LogP contribution in [0.25, 0.3) is 0 Å². The zero-order valence-electron chi connectivity index (χ0n) is 14.7. The minimum atomic E-state index is -0.226. The fourth-order valence-electron chi connectivity index (χ4n) is 3.15. The monoisotopic (exact) mass is 365 g/mol. The van der Waals surface area contributed by atoms with E-state index in [2.05, 4.69) is 0 Å². The van der Waals surface area contributed by atoms with Gasteiger partial charge in [0.2, 0.25) is 11.8 Å². The molecule has 1 aromatic carbocycles. The van der Waals surface area contributed by atoms with Crippen molar-refractivity contribution < 1.29 is 14.3 Å². The molecule has 2 heterocycles. The van der Waals surface area contributed by atoms with Crippen molar-refractivity contribution in [1.82, 2.24) is 14.7 Å². The van der Waals surface area contributed by atoms with Crippen LogP contribution in [0.5, 0.6) is 5.75 Å². The van der Waals surface area contributed by atoms with Gasteiger partial charge in [0.25, 0.3) is 0 Å². The highest BCUT2D eigenvalue weighted by Gasteiger charge is 2.41. The van der Waals surface area contributed by atoms with Gasteiger partial charge in [-0.2, -0.15) is 0 Å². The number of likely N-dealkylation sites (N-methyl/N-ethyl adjacent to an activating group) is 1. The summed E-state index contributed by atoms with van der Waals surface area (Å²) >= 11 is 6.08. The lowest BCUT2D eigenvalue weighted by molar-refractivity contribution is -0.144. The van der Waals surface area contributed by atoms with E-state index in [-0.39, 0.29) is 23.8 Å². The van der Waals surface area contributed by atoms with Crippen LogP contribution < -0.4 is 4.74 Å². The van der Waals surface area contributed by atoms with E-state index in [9.17, 15) is 9.59 Å². The van der Waals surface area contributed by atoms with Gasteiger partial charge >= 0.3 is 0 Å². The normalized spacial score (nSPS) is 21.0. The summed E-state index contributed by atoms with van der Waals surface area (Å²) in [6.07, 6.45) is 0.282. The first-order valence-corrected chi connectivity index (χ1v) is 8.94. The number of benzene rings is 1. The number of rotatable bonds is 6. The van der Waals surface area contributed by atoms with Gasteiger partial charge in [-0.3, -0.25) is 9.59 Å². The lowest BCUT2D eigenvalue weighted by atomic mass is 10.0. The molecule has 1 atom stereocenters. The van der Waals surface area contributed by atoms with E-state index in [0.717, 1.165) is 6.54 Å². The van der Waals surface area contributed by atoms with Crippen molar-refractivity contribution in [2.24, 2.45) is 5.92 Å². The number of hydrogen-bond donors (Lipinski definition) is 0. The van der Waals surface area contributed by atoms with Crippen molar-refractivity contribution in [3.05, 3.63) is 29.3 Å². The standard InChI is InChI=1S/C18H24ClN3O3/c1-20(2)7-8-21-10-13(9-17(21)23)18(24)22-11-14(12-22)25-16-6-4-3-5-15(16)19/h3-6,13-14H,7-12H2,1-2H3. The maximum Gasteiger partial charge on any atom is 0.228 e. The highest BCUT2D eigenvalue weighted by Crippen LogP contribution is 2.28. The molecule has 6 nitrogen and oxygen atoms in total. The third kappa shape index (κ3) is 4.25. The summed E-state index contributed by atoms with van der Waals surface area (Å²) in [7, 11) is 3.95. The van der Waals surface area contributed by atoms with Crippen LogP contribution in [0, 0.1) is 5.92 Å². The largest absolute Gasteiger partial charge is 0.485 e. The van der Waals surface area contributed by atoms with Crippen LogP contribution in [0.4, 0.5) is 0 Å². The van der Waals surface area contributed by atoms with Gasteiger partial charge in [-0.25, -0.2) is 0 Å². The molecule has 0 aliphatic carbocycles. The number of carbonyl (C=O) groups is 2. The third-order valence-electron chi connectivity index (χ3n) is 4.67. The number of hydrogen-bond acceptors (Lipinski definition) is 4. The Morgan fingerprint density at radius 3 is 2.68 bits per heavy atom. The molecular weight excluding hydrogens is 342 g/mol. The zero-order chi connectivity index (χ0) is 18.0. The van der Waals surface area contributed by atoms with E-state index in [1.54, 1.807) is 15.9 Å². The molecule has 0 bridgehead atoms. The van der Waals surface area contributed by atoms with Crippen LogP contribution in [0.3, 0.4) is 0 Å². The Labute approximate surface area is 153 Å². The highest BCUT2D eigenvalue weighted by molar-refractivity contribution is 6.32. The average Bonchev–Trinajstić information content (AvgIpc) is 2.90. The van der Waals surface area contributed by atoms with Gasteiger partial charge in [-0.1, -0.05) is 23.7 Å². The van der Waals surface area contributed by atoms with Gasteiger partial charge in [-0.05, 0) is 26.2 Å². The number of halogens is 1. The quantitative estimate of drug-likeness (QED) is 0.763. The Kier molecular flexibility index (Phi) is 5.49. The molecule has 136 valence electrons. The predicted octanol–water partition coefficient (Wildman–Crippen LogP) is 1.34. The van der Waals surface area contributed by atoms with E-state index in [4.69, 9.17) is 16.3 Å². The van der Waals surface area contributed by atoms with Crippen LogP contribution in [0.2, 0.25) is 5.02 Å². The van der Waals surface area contributed by atoms with Gasteiger partial charge in [0, 0.05) is 26.1 Å². The molecule has 1 unspecified atom stereocenters. The van der Waals surface area contributed by atoms with E-state index in [0.29, 0.717) is 43.4 Å². The first kappa shape index (κ1) is 18.0. The summed E-state index contributed by atoms with van der Waals surface area (Å²) < 4.78 is 5.82. The maximum absolute atomic E-state index is 12.6. The Bertz CT molecular complexity index is 646. The SMILES string of the molecule is CN(C)CCN1CC(C(=O)N2CC(Oc3ccccc3Cl)C2)CC1=O. The number of amides is 2. The molecule has 0 N–H and O–H groups in total. The molecular formula is C18H24ClN3O3. The minimum Gasteiger partial charge on any atom is -0.485 e. The number of ether oxygens (including phenoxy) is 1. The Balaban J connectivity index is 1.46. The molecule has 2 aliphatic heterocycles. The Morgan fingerprint density at radius 1 is 1.28 bits per heavy atom. The van der Waals surface area contributed by atoms with Crippen LogP contribution >= 0.6 is 11.6 Å². The molecule has 2 fully saturated rings. The summed E-state index contributed by atoms with van der Waals surface area (Å²) in [5, 5.41) is 0.574. The molecule has 2 saturated heterocycles. The van der Waals surface area contributed by atoms with E-state index >= 15 is 0 Å². The molecule has 0 radical (unpaired) electrons. The van der Waals surface area contributed by atoms with Crippen molar-refractivity contribution >= 4 is 23.4 Å². The maximum atomic E-state index is 12.6. The second-order valence-corrected chi connectivity index (χ2v) is 7.36. The van der Waals surface area contributed by atoms with Gasteiger partial charge in [0.05, 0.1) is 24.0 Å². The van der Waals surface area contributed by atoms with Crippen LogP contribution in [-0.4, -0.2) is 79.4 Å². The van der Waals surface area contributed by atoms with Crippen molar-refractivity contribution in [1.29, 1.82) is 0 Å². The van der Waals surface area contributed by atoms with E-state index in [1.165, 1.54) is 0 Å². The van der Waals surface area contributed by atoms with E-state index in [1.807, 2.05) is 37.2 Å². The van der Waals surface area contributed by atoms with Gasteiger partial charge in [0.1, 0.15) is 11.9 Å². The zero-order valence-corrected chi connectivity index (χ0v) is 15.4. The lowest BCUT2D eigenvalue weighted by Gasteiger charge is -2.40. The first-order valence-electron chi connectivity index (χ1n) is 8.56. The number of carbonyl (C=O) groups excluding carboxylic acids is 2.